The molecule has 3 heteroatoms. The van der Waals surface area contributed by atoms with Gasteiger partial charge in [-0.15, -0.1) is 0 Å². The Morgan fingerprint density at radius 1 is 0.960 bits per heavy atom. The summed E-state index contributed by atoms with van der Waals surface area (Å²) in [4.78, 5) is 2.73. The van der Waals surface area contributed by atoms with Crippen LogP contribution in [0.1, 0.15) is 43.7 Å². The largest absolute Gasteiger partial charge is 0.497 e. The maximum atomic E-state index is 5.38. The highest BCUT2D eigenvalue weighted by molar-refractivity contribution is 5.84. The summed E-state index contributed by atoms with van der Waals surface area (Å²) in [5.74, 6) is 1.74. The second-order valence-corrected chi connectivity index (χ2v) is 7.60. The lowest BCUT2D eigenvalue weighted by molar-refractivity contribution is 0.103. The second kappa shape index (κ2) is 7.76. The second-order valence-electron chi connectivity index (χ2n) is 7.60. The average molecular weight is 338 g/mol. The van der Waals surface area contributed by atoms with E-state index >= 15 is 0 Å². The normalized spacial score (nSPS) is 21.3. The summed E-state index contributed by atoms with van der Waals surface area (Å²) < 4.78 is 5.38. The first-order valence-electron chi connectivity index (χ1n) is 9.87. The fraction of sp³-hybridized carbons (Fsp3) is 0.545. The monoisotopic (exact) mass is 338 g/mol. The van der Waals surface area contributed by atoms with Gasteiger partial charge in [0, 0.05) is 32.2 Å². The van der Waals surface area contributed by atoms with E-state index in [1.807, 2.05) is 0 Å². The fourth-order valence-electron chi connectivity index (χ4n) is 4.74. The van der Waals surface area contributed by atoms with Crippen molar-refractivity contribution in [1.82, 2.24) is 10.2 Å². The van der Waals surface area contributed by atoms with Crippen molar-refractivity contribution in [2.45, 2.75) is 38.1 Å². The molecular formula is C22H30N2O. The van der Waals surface area contributed by atoms with Crippen LogP contribution in [0.4, 0.5) is 0 Å². The number of nitrogens with zero attached hydrogens (tertiary/aromatic N) is 1. The van der Waals surface area contributed by atoms with Crippen LogP contribution in [0.25, 0.3) is 10.8 Å². The maximum absolute atomic E-state index is 5.38. The van der Waals surface area contributed by atoms with Crippen LogP contribution in [0.3, 0.4) is 0 Å². The lowest BCUT2D eigenvalue weighted by atomic mass is 9.80. The summed E-state index contributed by atoms with van der Waals surface area (Å²) in [5.41, 5.74) is 1.51. The number of hydrogen-bond donors (Lipinski definition) is 1. The Bertz CT molecular complexity index is 684. The van der Waals surface area contributed by atoms with E-state index in [1.54, 1.807) is 7.11 Å². The van der Waals surface area contributed by atoms with Crippen molar-refractivity contribution in [2.24, 2.45) is 5.92 Å². The molecule has 0 amide bonds. The molecule has 0 bridgehead atoms. The minimum atomic E-state index is 0.578. The van der Waals surface area contributed by atoms with Gasteiger partial charge in [-0.3, -0.25) is 4.90 Å². The molecule has 0 radical (unpaired) electrons. The van der Waals surface area contributed by atoms with Gasteiger partial charge in [-0.1, -0.05) is 37.5 Å². The van der Waals surface area contributed by atoms with Gasteiger partial charge in [0.05, 0.1) is 7.11 Å². The van der Waals surface area contributed by atoms with Crippen molar-refractivity contribution in [3.8, 4) is 5.75 Å². The summed E-state index contributed by atoms with van der Waals surface area (Å²) in [6.07, 6.45) is 6.99. The van der Waals surface area contributed by atoms with E-state index in [2.05, 4.69) is 46.6 Å². The minimum Gasteiger partial charge on any atom is -0.497 e. The third-order valence-corrected chi connectivity index (χ3v) is 6.05. The average Bonchev–Trinajstić information content (AvgIpc) is 2.69. The van der Waals surface area contributed by atoms with Crippen LogP contribution < -0.4 is 10.1 Å². The molecule has 1 N–H and O–H groups in total. The molecule has 134 valence electrons. The molecule has 0 aromatic heterocycles. The van der Waals surface area contributed by atoms with Crippen molar-refractivity contribution >= 4 is 10.8 Å². The molecule has 2 aromatic carbocycles. The fourth-order valence-corrected chi connectivity index (χ4v) is 4.74. The molecule has 1 saturated heterocycles. The predicted molar refractivity (Wildman–Crippen MR) is 104 cm³/mol. The van der Waals surface area contributed by atoms with Crippen LogP contribution in [0.2, 0.25) is 0 Å². The lowest BCUT2D eigenvalue weighted by Crippen LogP contribution is -2.47. The van der Waals surface area contributed by atoms with Gasteiger partial charge in [0.15, 0.2) is 0 Å². The van der Waals surface area contributed by atoms with Gasteiger partial charge >= 0.3 is 0 Å². The summed E-state index contributed by atoms with van der Waals surface area (Å²) in [5, 5.41) is 6.11. The highest BCUT2D eigenvalue weighted by atomic mass is 16.5. The van der Waals surface area contributed by atoms with Crippen LogP contribution in [-0.2, 0) is 0 Å². The van der Waals surface area contributed by atoms with Crippen molar-refractivity contribution in [2.75, 3.05) is 33.3 Å². The van der Waals surface area contributed by atoms with Crippen molar-refractivity contribution in [3.05, 3.63) is 42.0 Å². The molecule has 1 atom stereocenters. The third kappa shape index (κ3) is 3.68. The number of rotatable bonds is 4. The lowest BCUT2D eigenvalue weighted by Gasteiger charge is -2.41. The Morgan fingerprint density at radius 3 is 2.44 bits per heavy atom. The van der Waals surface area contributed by atoms with E-state index in [-0.39, 0.29) is 0 Å². The topological polar surface area (TPSA) is 24.5 Å². The van der Waals surface area contributed by atoms with E-state index in [4.69, 9.17) is 4.74 Å². The zero-order valence-electron chi connectivity index (χ0n) is 15.3. The van der Waals surface area contributed by atoms with E-state index in [1.165, 1.54) is 61.5 Å². The molecule has 0 spiro atoms. The summed E-state index contributed by atoms with van der Waals surface area (Å²) in [6.45, 7) is 4.58. The summed E-state index contributed by atoms with van der Waals surface area (Å²) >= 11 is 0. The first-order chi connectivity index (χ1) is 12.3. The number of benzene rings is 2. The van der Waals surface area contributed by atoms with Crippen LogP contribution in [0.15, 0.2) is 36.4 Å². The Balaban J connectivity index is 1.68. The van der Waals surface area contributed by atoms with Crippen molar-refractivity contribution in [1.29, 1.82) is 0 Å². The standard InChI is InChI=1S/C22H30N2O/c1-25-21-10-9-18-15-20(8-7-19(18)16-21)22(17-5-3-2-4-6-17)24-13-11-23-12-14-24/h7-10,15-17,22-23H,2-6,11-14H2,1H3/t22-/m0/s1. The quantitative estimate of drug-likeness (QED) is 0.895. The number of hydrogen-bond acceptors (Lipinski definition) is 3. The third-order valence-electron chi connectivity index (χ3n) is 6.05. The SMILES string of the molecule is COc1ccc2cc([C@H](C3CCCCC3)N3CCNCC3)ccc2c1. The molecule has 2 aromatic rings. The Kier molecular flexibility index (Phi) is 5.23. The van der Waals surface area contributed by atoms with Crippen molar-refractivity contribution < 1.29 is 4.74 Å². The highest BCUT2D eigenvalue weighted by Gasteiger charge is 2.30. The number of fused-ring (bicyclic) bond motifs is 1. The van der Waals surface area contributed by atoms with Gasteiger partial charge < -0.3 is 10.1 Å². The number of ether oxygens (including phenoxy) is 1. The summed E-state index contributed by atoms with van der Waals surface area (Å²) in [7, 11) is 1.74. The molecule has 1 aliphatic carbocycles. The zero-order valence-corrected chi connectivity index (χ0v) is 15.3. The van der Waals surface area contributed by atoms with Gasteiger partial charge in [0.2, 0.25) is 0 Å². The van der Waals surface area contributed by atoms with E-state index < -0.39 is 0 Å². The molecule has 1 heterocycles. The molecule has 3 nitrogen and oxygen atoms in total. The molecule has 4 rings (SSSR count). The van der Waals surface area contributed by atoms with E-state index in [0.717, 1.165) is 24.8 Å². The summed E-state index contributed by atoms with van der Waals surface area (Å²) in [6, 6.07) is 14.1. The zero-order chi connectivity index (χ0) is 17.1. The smallest absolute Gasteiger partial charge is 0.119 e. The predicted octanol–water partition coefficient (Wildman–Crippen LogP) is 4.38. The van der Waals surface area contributed by atoms with Gasteiger partial charge in [0.25, 0.3) is 0 Å². The van der Waals surface area contributed by atoms with E-state index in [9.17, 15) is 0 Å². The molecule has 1 saturated carbocycles. The van der Waals surface area contributed by atoms with Crippen LogP contribution in [-0.4, -0.2) is 38.2 Å². The van der Waals surface area contributed by atoms with Gasteiger partial charge in [0.1, 0.15) is 5.75 Å². The van der Waals surface area contributed by atoms with Crippen LogP contribution >= 0.6 is 0 Å². The molecule has 25 heavy (non-hydrogen) atoms. The van der Waals surface area contributed by atoms with Gasteiger partial charge in [-0.05, 0) is 53.3 Å². The minimum absolute atomic E-state index is 0.578. The van der Waals surface area contributed by atoms with Crippen LogP contribution in [0.5, 0.6) is 5.75 Å². The Labute approximate surface area is 151 Å². The Hall–Kier alpha value is -1.58. The highest BCUT2D eigenvalue weighted by Crippen LogP contribution is 2.39. The molecule has 2 aliphatic rings. The molecule has 0 unspecified atom stereocenters. The maximum Gasteiger partial charge on any atom is 0.119 e. The molecule has 2 fully saturated rings. The molecular weight excluding hydrogens is 308 g/mol. The first kappa shape index (κ1) is 16.9. The van der Waals surface area contributed by atoms with Gasteiger partial charge in [-0.25, -0.2) is 0 Å². The number of methoxy groups -OCH3 is 1. The molecule has 1 aliphatic heterocycles. The number of piperazine rings is 1. The Morgan fingerprint density at radius 2 is 1.68 bits per heavy atom. The number of nitrogens with one attached hydrogen (secondary N) is 1. The van der Waals surface area contributed by atoms with Gasteiger partial charge in [-0.2, -0.15) is 0 Å². The van der Waals surface area contributed by atoms with E-state index in [0.29, 0.717) is 6.04 Å². The van der Waals surface area contributed by atoms with Crippen LogP contribution in [0, 0.1) is 5.92 Å². The van der Waals surface area contributed by atoms with Crippen molar-refractivity contribution in [3.63, 3.8) is 0 Å². The first-order valence-corrected chi connectivity index (χ1v) is 9.87.